The van der Waals surface area contributed by atoms with Crippen molar-refractivity contribution in [2.75, 3.05) is 18.5 Å². The van der Waals surface area contributed by atoms with Gasteiger partial charge in [0.15, 0.2) is 0 Å². The van der Waals surface area contributed by atoms with Crippen molar-refractivity contribution in [1.29, 1.82) is 5.26 Å². The van der Waals surface area contributed by atoms with Crippen LogP contribution in [0.2, 0.25) is 0 Å². The lowest BCUT2D eigenvalue weighted by atomic mass is 10.2. The van der Waals surface area contributed by atoms with Crippen LogP contribution in [0.25, 0.3) is 0 Å². The Morgan fingerprint density at radius 3 is 2.45 bits per heavy atom. The van der Waals surface area contributed by atoms with Crippen molar-refractivity contribution in [3.8, 4) is 11.8 Å². The zero-order valence-corrected chi connectivity index (χ0v) is 13.3. The van der Waals surface area contributed by atoms with Crippen molar-refractivity contribution < 1.29 is 9.53 Å². The third kappa shape index (κ3) is 5.11. The van der Waals surface area contributed by atoms with Crippen molar-refractivity contribution in [3.63, 3.8) is 0 Å². The largest absolute Gasteiger partial charge is 0.492 e. The van der Waals surface area contributed by atoms with Crippen LogP contribution in [0, 0.1) is 11.3 Å². The first kappa shape index (κ1) is 15.9. The van der Waals surface area contributed by atoms with Crippen LogP contribution in [-0.4, -0.2) is 19.2 Å². The van der Waals surface area contributed by atoms with E-state index in [-0.39, 0.29) is 6.03 Å². The number of hydrogen-bond acceptors (Lipinski definition) is 3. The lowest BCUT2D eigenvalue weighted by Crippen LogP contribution is -2.32. The molecule has 5 nitrogen and oxygen atoms in total. The summed E-state index contributed by atoms with van der Waals surface area (Å²) >= 11 is 3.35. The molecule has 112 valence electrons. The van der Waals surface area contributed by atoms with Crippen molar-refractivity contribution in [1.82, 2.24) is 5.32 Å². The van der Waals surface area contributed by atoms with E-state index in [1.165, 1.54) is 0 Å². The third-order valence-electron chi connectivity index (χ3n) is 2.74. The van der Waals surface area contributed by atoms with E-state index in [9.17, 15) is 4.79 Å². The minimum absolute atomic E-state index is 0.316. The molecule has 0 radical (unpaired) electrons. The number of urea groups is 1. The SMILES string of the molecule is N#Cc1ccc(NC(=O)NCCOc2ccc(Br)cc2)cc1. The van der Waals surface area contributed by atoms with Crippen LogP contribution < -0.4 is 15.4 Å². The minimum atomic E-state index is -0.316. The number of ether oxygens (including phenoxy) is 1. The van der Waals surface area contributed by atoms with Gasteiger partial charge in [0.2, 0.25) is 0 Å². The second-order valence-electron chi connectivity index (χ2n) is 4.37. The standard InChI is InChI=1S/C16H14BrN3O2/c17-13-3-7-15(8-4-13)22-10-9-19-16(21)20-14-5-1-12(11-18)2-6-14/h1-8H,9-10H2,(H2,19,20,21). The van der Waals surface area contributed by atoms with E-state index in [4.69, 9.17) is 10.00 Å². The van der Waals surface area contributed by atoms with E-state index >= 15 is 0 Å². The molecular formula is C16H14BrN3O2. The quantitative estimate of drug-likeness (QED) is 0.802. The van der Waals surface area contributed by atoms with Crippen LogP contribution in [0.3, 0.4) is 0 Å². The molecule has 0 saturated heterocycles. The Morgan fingerprint density at radius 1 is 1.14 bits per heavy atom. The maximum Gasteiger partial charge on any atom is 0.319 e. The molecule has 0 heterocycles. The lowest BCUT2D eigenvalue weighted by molar-refractivity contribution is 0.247. The number of halogens is 1. The van der Waals surface area contributed by atoms with E-state index < -0.39 is 0 Å². The molecule has 0 aliphatic carbocycles. The molecule has 2 aromatic rings. The molecule has 0 aliphatic heterocycles. The van der Waals surface area contributed by atoms with Crippen LogP contribution >= 0.6 is 15.9 Å². The predicted octanol–water partition coefficient (Wildman–Crippen LogP) is 3.52. The summed E-state index contributed by atoms with van der Waals surface area (Å²) in [5.74, 6) is 0.748. The zero-order valence-electron chi connectivity index (χ0n) is 11.7. The number of nitriles is 1. The first-order chi connectivity index (χ1) is 10.7. The average Bonchev–Trinajstić information content (AvgIpc) is 2.54. The first-order valence-corrected chi connectivity index (χ1v) is 7.40. The van der Waals surface area contributed by atoms with E-state index in [0.29, 0.717) is 24.4 Å². The van der Waals surface area contributed by atoms with Crippen LogP contribution in [0.15, 0.2) is 53.0 Å². The number of anilines is 1. The summed E-state index contributed by atoms with van der Waals surface area (Å²) in [5, 5.41) is 14.1. The van der Waals surface area contributed by atoms with Crippen molar-refractivity contribution in [3.05, 3.63) is 58.6 Å². The number of carbonyl (C=O) groups excluding carboxylic acids is 1. The second-order valence-corrected chi connectivity index (χ2v) is 5.29. The highest BCUT2D eigenvalue weighted by Gasteiger charge is 2.01. The molecular weight excluding hydrogens is 346 g/mol. The van der Waals surface area contributed by atoms with Gasteiger partial charge in [-0.1, -0.05) is 15.9 Å². The normalized spacial score (nSPS) is 9.64. The minimum Gasteiger partial charge on any atom is -0.492 e. The first-order valence-electron chi connectivity index (χ1n) is 6.61. The summed E-state index contributed by atoms with van der Waals surface area (Å²) in [5.41, 5.74) is 1.18. The molecule has 2 rings (SSSR count). The van der Waals surface area contributed by atoms with Gasteiger partial charge < -0.3 is 15.4 Å². The highest BCUT2D eigenvalue weighted by molar-refractivity contribution is 9.10. The van der Waals surface area contributed by atoms with Crippen molar-refractivity contribution >= 4 is 27.6 Å². The zero-order chi connectivity index (χ0) is 15.8. The summed E-state index contributed by atoms with van der Waals surface area (Å²) < 4.78 is 6.48. The molecule has 6 heteroatoms. The van der Waals surface area contributed by atoms with E-state index in [1.54, 1.807) is 24.3 Å². The van der Waals surface area contributed by atoms with E-state index in [2.05, 4.69) is 26.6 Å². The van der Waals surface area contributed by atoms with Gasteiger partial charge in [-0.05, 0) is 48.5 Å². The summed E-state index contributed by atoms with van der Waals surface area (Å²) in [6, 6.07) is 15.8. The van der Waals surface area contributed by atoms with E-state index in [0.717, 1.165) is 10.2 Å². The summed E-state index contributed by atoms with van der Waals surface area (Å²) in [6.07, 6.45) is 0. The summed E-state index contributed by atoms with van der Waals surface area (Å²) in [4.78, 5) is 11.7. The molecule has 0 aromatic heterocycles. The molecule has 22 heavy (non-hydrogen) atoms. The number of hydrogen-bond donors (Lipinski definition) is 2. The van der Waals surface area contributed by atoms with Crippen LogP contribution in [0.5, 0.6) is 5.75 Å². The van der Waals surface area contributed by atoms with Gasteiger partial charge in [0.1, 0.15) is 12.4 Å². The average molecular weight is 360 g/mol. The molecule has 0 bridgehead atoms. The number of benzene rings is 2. The van der Waals surface area contributed by atoms with Gasteiger partial charge >= 0.3 is 6.03 Å². The van der Waals surface area contributed by atoms with Gasteiger partial charge in [0, 0.05) is 10.2 Å². The lowest BCUT2D eigenvalue weighted by Gasteiger charge is -2.09. The maximum absolute atomic E-state index is 11.7. The second kappa shape index (κ2) is 8.05. The molecule has 0 aliphatic rings. The molecule has 2 N–H and O–H groups in total. The highest BCUT2D eigenvalue weighted by atomic mass is 79.9. The Balaban J connectivity index is 1.69. The smallest absolute Gasteiger partial charge is 0.319 e. The highest BCUT2D eigenvalue weighted by Crippen LogP contribution is 2.15. The molecule has 0 atom stereocenters. The van der Waals surface area contributed by atoms with Gasteiger partial charge in [-0.25, -0.2) is 4.79 Å². The Hall–Kier alpha value is -2.52. The van der Waals surface area contributed by atoms with Gasteiger partial charge in [-0.3, -0.25) is 0 Å². The fourth-order valence-electron chi connectivity index (χ4n) is 1.67. The van der Waals surface area contributed by atoms with Gasteiger partial charge in [0.25, 0.3) is 0 Å². The summed E-state index contributed by atoms with van der Waals surface area (Å²) in [6.45, 7) is 0.764. The summed E-state index contributed by atoms with van der Waals surface area (Å²) in [7, 11) is 0. The molecule has 0 spiro atoms. The molecule has 2 amide bonds. The predicted molar refractivity (Wildman–Crippen MR) is 87.8 cm³/mol. The van der Waals surface area contributed by atoms with Crippen molar-refractivity contribution in [2.24, 2.45) is 0 Å². The Kier molecular flexibility index (Phi) is 5.81. The van der Waals surface area contributed by atoms with Crippen molar-refractivity contribution in [2.45, 2.75) is 0 Å². The number of amides is 2. The Labute approximate surface area is 137 Å². The van der Waals surface area contributed by atoms with Gasteiger partial charge in [0.05, 0.1) is 18.2 Å². The van der Waals surface area contributed by atoms with E-state index in [1.807, 2.05) is 30.3 Å². The molecule has 0 saturated carbocycles. The van der Waals surface area contributed by atoms with Crippen LogP contribution in [0.1, 0.15) is 5.56 Å². The number of nitrogens with zero attached hydrogens (tertiary/aromatic N) is 1. The van der Waals surface area contributed by atoms with Crippen LogP contribution in [0.4, 0.5) is 10.5 Å². The van der Waals surface area contributed by atoms with Gasteiger partial charge in [-0.15, -0.1) is 0 Å². The number of carbonyl (C=O) groups is 1. The van der Waals surface area contributed by atoms with Gasteiger partial charge in [-0.2, -0.15) is 5.26 Å². The topological polar surface area (TPSA) is 74.2 Å². The Bertz CT molecular complexity index is 663. The molecule has 2 aromatic carbocycles. The third-order valence-corrected chi connectivity index (χ3v) is 3.27. The fourth-order valence-corrected chi connectivity index (χ4v) is 1.93. The molecule has 0 unspecified atom stereocenters. The Morgan fingerprint density at radius 2 is 1.82 bits per heavy atom. The maximum atomic E-state index is 11.7. The number of rotatable bonds is 5. The van der Waals surface area contributed by atoms with Crippen LogP contribution in [-0.2, 0) is 0 Å². The fraction of sp³-hybridized carbons (Fsp3) is 0.125. The number of nitrogens with one attached hydrogen (secondary N) is 2. The monoisotopic (exact) mass is 359 g/mol. The molecule has 0 fully saturated rings.